The number of aromatic nitrogens is 3. The normalized spacial score (nSPS) is 12.6. The Morgan fingerprint density at radius 3 is 2.59 bits per heavy atom. The fourth-order valence-corrected chi connectivity index (χ4v) is 1.95. The third-order valence-electron chi connectivity index (χ3n) is 3.63. The van der Waals surface area contributed by atoms with Gasteiger partial charge in [-0.05, 0) is 40.0 Å². The number of hydrogen-bond acceptors (Lipinski definition) is 4. The van der Waals surface area contributed by atoms with Gasteiger partial charge in [0.25, 0.3) is 0 Å². The number of carbonyl (C=O) groups is 1. The van der Waals surface area contributed by atoms with E-state index in [9.17, 15) is 4.79 Å². The minimum absolute atomic E-state index is 0.0158. The Kier molecular flexibility index (Phi) is 5.27. The van der Waals surface area contributed by atoms with E-state index in [1.165, 1.54) is 0 Å². The average molecular weight is 301 g/mol. The second kappa shape index (κ2) is 7.17. The molecule has 6 nitrogen and oxygen atoms in total. The molecule has 0 unspecified atom stereocenters. The van der Waals surface area contributed by atoms with Crippen molar-refractivity contribution in [1.29, 1.82) is 0 Å². The molecule has 22 heavy (non-hydrogen) atoms. The average Bonchev–Trinajstić information content (AvgIpc) is 2.97. The molecule has 1 N–H and O–H groups in total. The third-order valence-corrected chi connectivity index (χ3v) is 3.63. The number of amides is 1. The second-order valence-electron chi connectivity index (χ2n) is 5.72. The fraction of sp³-hybridized carbons (Fsp3) is 0.438. The van der Waals surface area contributed by atoms with Crippen molar-refractivity contribution in [3.63, 3.8) is 0 Å². The van der Waals surface area contributed by atoms with Gasteiger partial charge in [0.05, 0.1) is 24.5 Å². The summed E-state index contributed by atoms with van der Waals surface area (Å²) in [5.41, 5.74) is 1.68. The zero-order chi connectivity index (χ0) is 16.1. The molecule has 2 aromatic rings. The molecule has 0 saturated heterocycles. The first-order chi connectivity index (χ1) is 10.5. The highest BCUT2D eigenvalue weighted by atomic mass is 16.2. The summed E-state index contributed by atoms with van der Waals surface area (Å²) in [6, 6.07) is 9.92. The molecule has 118 valence electrons. The molecule has 1 atom stereocenters. The van der Waals surface area contributed by atoms with E-state index in [0.29, 0.717) is 12.6 Å². The predicted molar refractivity (Wildman–Crippen MR) is 85.7 cm³/mol. The summed E-state index contributed by atoms with van der Waals surface area (Å²) >= 11 is 0. The number of hydrogen-bond donors (Lipinski definition) is 1. The van der Waals surface area contributed by atoms with Crippen LogP contribution in [-0.2, 0) is 4.79 Å². The van der Waals surface area contributed by atoms with Crippen molar-refractivity contribution < 1.29 is 4.79 Å². The molecule has 1 aromatic heterocycles. The van der Waals surface area contributed by atoms with E-state index in [1.807, 2.05) is 55.4 Å². The monoisotopic (exact) mass is 301 g/mol. The topological polar surface area (TPSA) is 63.1 Å². The van der Waals surface area contributed by atoms with Crippen molar-refractivity contribution >= 4 is 5.91 Å². The number of carbonyl (C=O) groups excluding carboxylic acids is 1. The fourth-order valence-electron chi connectivity index (χ4n) is 1.95. The van der Waals surface area contributed by atoms with Gasteiger partial charge in [-0.2, -0.15) is 0 Å². The van der Waals surface area contributed by atoms with Crippen LogP contribution in [0.15, 0.2) is 36.5 Å². The summed E-state index contributed by atoms with van der Waals surface area (Å²) in [6.45, 7) is 6.39. The molecule has 0 fully saturated rings. The molecule has 0 radical (unpaired) electrons. The Morgan fingerprint density at radius 2 is 1.95 bits per heavy atom. The van der Waals surface area contributed by atoms with E-state index in [4.69, 9.17) is 0 Å². The lowest BCUT2D eigenvalue weighted by atomic mass is 10.2. The number of rotatable bonds is 6. The first-order valence-electron chi connectivity index (χ1n) is 7.44. The number of benzene rings is 1. The molecule has 0 aliphatic heterocycles. The van der Waals surface area contributed by atoms with Gasteiger partial charge in [0.1, 0.15) is 5.69 Å². The van der Waals surface area contributed by atoms with E-state index in [1.54, 1.807) is 4.68 Å². The first-order valence-corrected chi connectivity index (χ1v) is 7.44. The molecule has 0 aliphatic carbocycles. The standard InChI is InChI=1S/C16H23N5O/c1-12(2)20(4)11-16(22)17-13(3)15-10-21(19-18-15)14-8-6-5-7-9-14/h5-10,12-13H,11H2,1-4H3,(H,17,22)/t13-/m0/s1. The highest BCUT2D eigenvalue weighted by Gasteiger charge is 2.15. The van der Waals surface area contributed by atoms with Crippen molar-refractivity contribution in [2.24, 2.45) is 0 Å². The van der Waals surface area contributed by atoms with Crippen molar-refractivity contribution in [1.82, 2.24) is 25.2 Å². The first kappa shape index (κ1) is 16.2. The summed E-state index contributed by atoms with van der Waals surface area (Å²) in [5, 5.41) is 11.2. The zero-order valence-corrected chi connectivity index (χ0v) is 13.5. The highest BCUT2D eigenvalue weighted by Crippen LogP contribution is 2.11. The van der Waals surface area contributed by atoms with Gasteiger partial charge < -0.3 is 5.32 Å². The minimum Gasteiger partial charge on any atom is -0.347 e. The van der Waals surface area contributed by atoms with E-state index in [2.05, 4.69) is 29.5 Å². The predicted octanol–water partition coefficient (Wildman–Crippen LogP) is 1.78. The second-order valence-corrected chi connectivity index (χ2v) is 5.72. The van der Waals surface area contributed by atoms with Gasteiger partial charge in [-0.25, -0.2) is 4.68 Å². The number of nitrogens with zero attached hydrogens (tertiary/aromatic N) is 4. The molecule has 6 heteroatoms. The van der Waals surface area contributed by atoms with Crippen molar-refractivity contribution in [2.45, 2.75) is 32.9 Å². The smallest absolute Gasteiger partial charge is 0.234 e. The lowest BCUT2D eigenvalue weighted by molar-refractivity contribution is -0.123. The molecule has 0 saturated carbocycles. The van der Waals surface area contributed by atoms with E-state index in [0.717, 1.165) is 11.4 Å². The molecule has 1 amide bonds. The molecular weight excluding hydrogens is 278 g/mol. The van der Waals surface area contributed by atoms with Crippen molar-refractivity contribution in [3.8, 4) is 5.69 Å². The van der Waals surface area contributed by atoms with Crippen molar-refractivity contribution in [2.75, 3.05) is 13.6 Å². The summed E-state index contributed by atoms with van der Waals surface area (Å²) in [4.78, 5) is 14.0. The third kappa shape index (κ3) is 4.14. The summed E-state index contributed by atoms with van der Waals surface area (Å²) in [5.74, 6) is -0.0158. The van der Waals surface area contributed by atoms with E-state index in [-0.39, 0.29) is 11.9 Å². The Bertz CT molecular complexity index is 608. The maximum absolute atomic E-state index is 12.0. The lowest BCUT2D eigenvalue weighted by Gasteiger charge is -2.21. The lowest BCUT2D eigenvalue weighted by Crippen LogP contribution is -2.39. The van der Waals surface area contributed by atoms with Crippen LogP contribution in [0.4, 0.5) is 0 Å². The quantitative estimate of drug-likeness (QED) is 0.883. The Morgan fingerprint density at radius 1 is 1.27 bits per heavy atom. The number of para-hydroxylation sites is 1. The largest absolute Gasteiger partial charge is 0.347 e. The van der Waals surface area contributed by atoms with Gasteiger partial charge in [-0.1, -0.05) is 23.4 Å². The van der Waals surface area contributed by atoms with Crippen LogP contribution < -0.4 is 5.32 Å². The molecule has 2 rings (SSSR count). The van der Waals surface area contributed by atoms with Crippen LogP contribution in [0, 0.1) is 0 Å². The molecule has 0 aliphatic rings. The summed E-state index contributed by atoms with van der Waals surface area (Å²) in [7, 11) is 1.93. The number of nitrogens with one attached hydrogen (secondary N) is 1. The minimum atomic E-state index is -0.175. The zero-order valence-electron chi connectivity index (χ0n) is 13.5. The van der Waals surface area contributed by atoms with Crippen LogP contribution in [0.3, 0.4) is 0 Å². The van der Waals surface area contributed by atoms with Crippen LogP contribution in [0.5, 0.6) is 0 Å². The Hall–Kier alpha value is -2.21. The highest BCUT2D eigenvalue weighted by molar-refractivity contribution is 5.78. The molecule has 0 bridgehead atoms. The van der Waals surface area contributed by atoms with Gasteiger partial charge in [-0.3, -0.25) is 9.69 Å². The van der Waals surface area contributed by atoms with Gasteiger partial charge in [-0.15, -0.1) is 5.10 Å². The van der Waals surface area contributed by atoms with Crippen LogP contribution >= 0.6 is 0 Å². The molecule has 1 heterocycles. The molecule has 1 aromatic carbocycles. The summed E-state index contributed by atoms with van der Waals surface area (Å²) in [6.07, 6.45) is 1.84. The van der Waals surface area contributed by atoms with E-state index < -0.39 is 0 Å². The molecular formula is C16H23N5O. The van der Waals surface area contributed by atoms with Gasteiger partial charge >= 0.3 is 0 Å². The van der Waals surface area contributed by atoms with Crippen molar-refractivity contribution in [3.05, 3.63) is 42.2 Å². The Balaban J connectivity index is 1.97. The van der Waals surface area contributed by atoms with Crippen LogP contribution in [0.25, 0.3) is 5.69 Å². The maximum atomic E-state index is 12.0. The van der Waals surface area contributed by atoms with Gasteiger partial charge in [0.15, 0.2) is 0 Å². The number of likely N-dealkylation sites (N-methyl/N-ethyl adjacent to an activating group) is 1. The maximum Gasteiger partial charge on any atom is 0.234 e. The Labute approximate surface area is 131 Å². The SMILES string of the molecule is CC(C)N(C)CC(=O)N[C@@H](C)c1cn(-c2ccccc2)nn1. The van der Waals surface area contributed by atoms with Crippen LogP contribution in [0.2, 0.25) is 0 Å². The van der Waals surface area contributed by atoms with Gasteiger partial charge in [0.2, 0.25) is 5.91 Å². The summed E-state index contributed by atoms with van der Waals surface area (Å²) < 4.78 is 1.71. The van der Waals surface area contributed by atoms with E-state index >= 15 is 0 Å². The van der Waals surface area contributed by atoms with Gasteiger partial charge in [0, 0.05) is 6.04 Å². The van der Waals surface area contributed by atoms with Crippen LogP contribution in [-0.4, -0.2) is 45.4 Å². The van der Waals surface area contributed by atoms with Crippen LogP contribution in [0.1, 0.15) is 32.5 Å². The molecule has 0 spiro atoms.